The zero-order valence-corrected chi connectivity index (χ0v) is 85.4. The van der Waals surface area contributed by atoms with E-state index in [-0.39, 0.29) is 107 Å². The van der Waals surface area contributed by atoms with E-state index in [0.717, 1.165) is 94.3 Å². The third-order valence-corrected chi connectivity index (χ3v) is 27.5. The van der Waals surface area contributed by atoms with Crippen LogP contribution in [0.5, 0.6) is 5.75 Å². The summed E-state index contributed by atoms with van der Waals surface area (Å²) < 4.78 is 119. The maximum Gasteiger partial charge on any atom is 0.573 e. The smallest absolute Gasteiger partial charge is 0.444 e. The number of aliphatic hydroxyl groups is 7. The quantitative estimate of drug-likeness (QED) is 0.0577. The molecule has 16 atom stereocenters. The second kappa shape index (κ2) is 45.8. The molecular weight excluding hydrogens is 2010 g/mol. The number of nitrogens with one attached hydrogen (secondary N) is 2. The SMILES string of the molecule is CC(C)(C)OC(=O)N[C@@H]1CCCN([C@@H]2c3cc(Cl)cc(Cl)c3C[C@H]2O)C1.CC(C)(C)OC(=O)N[C@@H]1CCCN([C@@H]2c3cc(Cl)cc(F)c3C[C@H]2O)C1.CN(C)[C@@H]1c2cc(Cl)cc(Br)c2C[C@H]1O.CN(C)[C@@H]1c2cc(Cl)cc(C(F)(F)F)c2C[C@H]1O.CN(C)[C@@H]1c2cc(Cl)cc(Cl)c2C[C@H]1O.CN(C)[C@@H]1c2cc(Cl)cc(F)c2C[C@H]1O.CN(C)[C@@H]1c2cc(Cl)cc(OC(F)(F)F)c2C[C@H]1O. The Morgan fingerprint density at radius 3 is 1.05 bits per heavy atom. The molecule has 740 valence electrons. The number of aliphatic hydroxyl groups excluding tert-OH is 7. The number of benzene rings is 7. The molecule has 7 aromatic rings. The molecule has 21 nitrogen and oxygen atoms in total. The maximum absolute atomic E-state index is 14.2. The molecule has 2 amide bonds. The van der Waals surface area contributed by atoms with E-state index in [1.165, 1.54) is 23.8 Å². The van der Waals surface area contributed by atoms with E-state index < -0.39 is 84.2 Å². The fourth-order valence-corrected chi connectivity index (χ4v) is 22.7. The van der Waals surface area contributed by atoms with Crippen LogP contribution in [-0.4, -0.2) is 251 Å². The van der Waals surface area contributed by atoms with Gasteiger partial charge in [0.1, 0.15) is 28.6 Å². The van der Waals surface area contributed by atoms with Crippen LogP contribution < -0.4 is 15.4 Å². The molecule has 2 heterocycles. The van der Waals surface area contributed by atoms with Crippen molar-refractivity contribution < 1.29 is 94.7 Å². The lowest BCUT2D eigenvalue weighted by molar-refractivity contribution is -0.274. The number of hydrogen-bond acceptors (Lipinski definition) is 19. The summed E-state index contributed by atoms with van der Waals surface area (Å²) in [5, 5.41) is 80.8. The molecule has 2 saturated heterocycles. The molecule has 0 saturated carbocycles. The summed E-state index contributed by atoms with van der Waals surface area (Å²) in [6, 6.07) is 20.8. The number of amides is 2. The Labute approximate surface area is 831 Å². The van der Waals surface area contributed by atoms with Gasteiger partial charge in [0.05, 0.1) is 90.6 Å². The first kappa shape index (κ1) is 111. The van der Waals surface area contributed by atoms with Crippen molar-refractivity contribution in [2.75, 3.05) is 96.7 Å². The van der Waals surface area contributed by atoms with Gasteiger partial charge in [0, 0.05) is 125 Å². The number of likely N-dealkylation sites (N-methyl/N-ethyl adjacent to an activating group) is 5. The van der Waals surface area contributed by atoms with Crippen LogP contribution in [0.25, 0.3) is 0 Å². The highest BCUT2D eigenvalue weighted by Gasteiger charge is 2.47. The summed E-state index contributed by atoms with van der Waals surface area (Å²) in [6.07, 6.45) is -8.06. The van der Waals surface area contributed by atoms with Crippen LogP contribution in [0, 0.1) is 11.6 Å². The van der Waals surface area contributed by atoms with Crippen LogP contribution in [0.15, 0.2) is 89.4 Å². The van der Waals surface area contributed by atoms with Crippen molar-refractivity contribution in [3.05, 3.63) is 230 Å². The lowest BCUT2D eigenvalue weighted by Crippen LogP contribution is -2.50. The second-order valence-corrected chi connectivity index (χ2v) is 42.8. The molecule has 39 heteroatoms. The zero-order chi connectivity index (χ0) is 99.6. The highest BCUT2D eigenvalue weighted by atomic mass is 79.9. The molecule has 7 aliphatic carbocycles. The number of nitrogens with zero attached hydrogens (tertiary/aromatic N) is 7. The number of rotatable bonds is 10. The van der Waals surface area contributed by atoms with Crippen molar-refractivity contribution in [2.24, 2.45) is 0 Å². The Kier molecular flexibility index (Phi) is 37.9. The number of halogens is 18. The van der Waals surface area contributed by atoms with E-state index in [4.69, 9.17) is 114 Å². The van der Waals surface area contributed by atoms with Crippen LogP contribution in [0.1, 0.15) is 193 Å². The molecule has 7 aromatic carbocycles. The summed E-state index contributed by atoms with van der Waals surface area (Å²) in [7, 11) is 18.5. The van der Waals surface area contributed by atoms with Gasteiger partial charge >= 0.3 is 24.7 Å². The Hall–Kier alpha value is -5.15. The second-order valence-electron chi connectivity index (χ2n) is 38.1. The predicted octanol–water partition coefficient (Wildman–Crippen LogP) is 20.1. The van der Waals surface area contributed by atoms with Crippen LogP contribution >= 0.6 is 120 Å². The topological polar surface area (TPSA) is 250 Å². The average molecular weight is 2130 g/mol. The van der Waals surface area contributed by atoms with E-state index in [1.807, 2.05) is 123 Å². The van der Waals surface area contributed by atoms with E-state index in [0.29, 0.717) is 102 Å². The molecule has 2 aliphatic heterocycles. The van der Waals surface area contributed by atoms with Gasteiger partial charge in [-0.3, -0.25) is 9.80 Å². The number of fused-ring (bicyclic) bond motifs is 7. The molecule has 0 unspecified atom stereocenters. The van der Waals surface area contributed by atoms with E-state index >= 15 is 0 Å². The number of carbonyl (C=O) groups excluding carboxylic acids is 2. The standard InChI is InChI=1S/C19H26Cl2N2O3.C19H26ClFN2O3.C12H13ClF3NO2.C12H13ClF3NO.C11H13BrClNO.C11H13Cl2NO.C11H13ClFNO/c2*1-19(2,3)26-18(25)22-12-5-4-6-23(10-12)17-14-7-11(20)8-15(21)13(14)9-16(17)24;1-17(2)11-8-3-6(13)4-10(19-12(14,15)16)7(8)5-9(11)18;1-17(2)11-8-3-6(13)4-9(12(14,15)16)7(8)5-10(11)18;1-14(2)11-8-3-6(13)4-9(12)7(8)5-10(11)15;2*1-14(2)11-8-3-6(12)4-9(13)7(8)5-10(11)15/h2*7-8,12,16-17,24H,4-6,9-10H2,1-3H3,(H,22,25);3-4,9,11,18H,5H2,1-2H3;3-4,10-11,18H,5H2,1-2H3;3*3-4,10-11,15H,5H2,1-2H3/t2*12-,16-,17-;9-,11-;4*10-,11-/m1111111/s1. The Bertz CT molecular complexity index is 5020. The molecule has 0 spiro atoms. The number of likely N-dealkylation sites (tertiary alicyclic amines) is 2. The van der Waals surface area contributed by atoms with Crippen molar-refractivity contribution in [3.63, 3.8) is 0 Å². The summed E-state index contributed by atoms with van der Waals surface area (Å²) in [6.45, 7) is 13.9. The van der Waals surface area contributed by atoms with E-state index in [2.05, 4.69) is 41.1 Å². The van der Waals surface area contributed by atoms with Crippen molar-refractivity contribution >= 4 is 133 Å². The fraction of sp³-hybridized carbons (Fsp3) is 0.537. The molecule has 0 aromatic heterocycles. The Morgan fingerprint density at radius 2 is 0.664 bits per heavy atom. The fourth-order valence-electron chi connectivity index (χ4n) is 19.6. The number of alkyl carbamates (subject to hydrolysis) is 2. The molecule has 0 radical (unpaired) electrons. The van der Waals surface area contributed by atoms with Crippen LogP contribution in [0.3, 0.4) is 0 Å². The average Bonchev–Trinajstić information content (AvgIpc) is 1.61. The highest BCUT2D eigenvalue weighted by molar-refractivity contribution is 9.10. The molecule has 0 bridgehead atoms. The summed E-state index contributed by atoms with van der Waals surface area (Å²) in [5.74, 6) is -1.02. The third kappa shape index (κ3) is 28.0. The highest BCUT2D eigenvalue weighted by Crippen LogP contribution is 2.50. The van der Waals surface area contributed by atoms with Gasteiger partial charge in [-0.1, -0.05) is 120 Å². The number of piperidine rings is 2. The summed E-state index contributed by atoms with van der Waals surface area (Å²) >= 11 is 57.5. The molecule has 9 N–H and O–H groups in total. The molecule has 134 heavy (non-hydrogen) atoms. The third-order valence-electron chi connectivity index (χ3n) is 24.6. The minimum atomic E-state index is -4.78. The minimum absolute atomic E-state index is 0.00352. The Morgan fingerprint density at radius 1 is 0.381 bits per heavy atom. The van der Waals surface area contributed by atoms with Gasteiger partial charge in [0.25, 0.3) is 0 Å². The van der Waals surface area contributed by atoms with Crippen LogP contribution in [0.4, 0.5) is 44.7 Å². The molecule has 2 fully saturated rings. The van der Waals surface area contributed by atoms with Gasteiger partial charge in [-0.2, -0.15) is 13.2 Å². The van der Waals surface area contributed by atoms with Crippen molar-refractivity contribution in [1.29, 1.82) is 0 Å². The molecule has 16 rings (SSSR count). The van der Waals surface area contributed by atoms with Gasteiger partial charge in [-0.05, 0) is 308 Å². The van der Waals surface area contributed by atoms with Gasteiger partial charge in [-0.25, -0.2) is 18.4 Å². The lowest BCUT2D eigenvalue weighted by atomic mass is 9.99. The normalized spacial score (nSPS) is 24.9. The van der Waals surface area contributed by atoms with Crippen molar-refractivity contribution in [3.8, 4) is 5.75 Å². The first-order chi connectivity index (χ1) is 62.2. The summed E-state index contributed by atoms with van der Waals surface area (Å²) in [5.41, 5.74) is 8.74. The predicted molar refractivity (Wildman–Crippen MR) is 513 cm³/mol. The monoisotopic (exact) mass is 2120 g/mol. The number of carbonyl (C=O) groups is 2. The molecule has 9 aliphatic rings. The lowest BCUT2D eigenvalue weighted by Gasteiger charge is -2.38. The van der Waals surface area contributed by atoms with E-state index in [9.17, 15) is 80.5 Å². The van der Waals surface area contributed by atoms with Gasteiger partial charge < -0.3 is 85.1 Å². The van der Waals surface area contributed by atoms with Gasteiger partial charge in [0.2, 0.25) is 0 Å². The summed E-state index contributed by atoms with van der Waals surface area (Å²) in [4.78, 5) is 37.8. The first-order valence-electron chi connectivity index (χ1n) is 43.6. The number of ether oxygens (including phenoxy) is 3. The van der Waals surface area contributed by atoms with Crippen molar-refractivity contribution in [2.45, 2.75) is 233 Å². The van der Waals surface area contributed by atoms with Crippen LogP contribution in [-0.2, 0) is 60.6 Å². The number of alkyl halides is 6. The first-order valence-corrected chi connectivity index (χ1v) is 47.8. The zero-order valence-electron chi connectivity index (χ0n) is 77.0. The maximum atomic E-state index is 14.2. The van der Waals surface area contributed by atoms with Gasteiger partial charge in [0.15, 0.2) is 0 Å². The van der Waals surface area contributed by atoms with Crippen molar-refractivity contribution in [1.82, 2.24) is 44.9 Å². The largest absolute Gasteiger partial charge is 0.573 e. The Balaban J connectivity index is 0.000000164. The van der Waals surface area contributed by atoms with Gasteiger partial charge in [-0.15, -0.1) is 13.2 Å². The van der Waals surface area contributed by atoms with E-state index in [1.54, 1.807) is 68.3 Å². The molecular formula is C95H117BrCl9F8N9O12. The minimum Gasteiger partial charge on any atom is -0.444 e. The number of hydrogen-bond donors (Lipinski definition) is 9. The van der Waals surface area contributed by atoms with Crippen LogP contribution in [0.2, 0.25) is 45.2 Å².